The number of ether oxygens (including phenoxy) is 1. The Morgan fingerprint density at radius 3 is 3.00 bits per heavy atom. The second kappa shape index (κ2) is 8.28. The average Bonchev–Trinajstić information content (AvgIpc) is 3.18. The summed E-state index contributed by atoms with van der Waals surface area (Å²) in [5.41, 5.74) is 7.16. The molecule has 1 aromatic heterocycles. The van der Waals surface area contributed by atoms with Crippen molar-refractivity contribution in [1.29, 1.82) is 0 Å². The summed E-state index contributed by atoms with van der Waals surface area (Å²) in [5.74, 6) is 0.0218. The molecular formula is C20H24N4O3S. The van der Waals surface area contributed by atoms with Gasteiger partial charge in [-0.05, 0) is 43.4 Å². The number of carbonyl (C=O) groups is 1. The Morgan fingerprint density at radius 2 is 2.18 bits per heavy atom. The summed E-state index contributed by atoms with van der Waals surface area (Å²) in [6, 6.07) is 3.61. The second-order valence-electron chi connectivity index (χ2n) is 7.10. The van der Waals surface area contributed by atoms with Crippen molar-refractivity contribution in [2.45, 2.75) is 32.6 Å². The van der Waals surface area contributed by atoms with Crippen molar-refractivity contribution in [3.05, 3.63) is 39.9 Å². The number of hydrazone groups is 1. The lowest BCUT2D eigenvalue weighted by Crippen LogP contribution is -2.36. The van der Waals surface area contributed by atoms with Crippen LogP contribution in [0, 0.1) is 6.92 Å². The predicted molar refractivity (Wildman–Crippen MR) is 109 cm³/mol. The molecule has 1 fully saturated rings. The number of phenolic OH excluding ortho intramolecular Hbond substituents is 1. The minimum absolute atomic E-state index is 0.185. The molecule has 2 aliphatic rings. The number of aryl methyl sites for hydroxylation is 1. The van der Waals surface area contributed by atoms with Gasteiger partial charge in [-0.1, -0.05) is 6.07 Å². The highest BCUT2D eigenvalue weighted by Crippen LogP contribution is 2.31. The number of benzene rings is 1. The molecule has 0 saturated carbocycles. The maximum atomic E-state index is 12.4. The molecule has 1 aliphatic carbocycles. The van der Waals surface area contributed by atoms with E-state index in [4.69, 9.17) is 4.74 Å². The molecule has 8 heteroatoms. The van der Waals surface area contributed by atoms with E-state index in [1.54, 1.807) is 17.4 Å². The van der Waals surface area contributed by atoms with E-state index in [0.717, 1.165) is 65.6 Å². The smallest absolute Gasteiger partial charge is 0.246 e. The predicted octanol–water partition coefficient (Wildman–Crippen LogP) is 2.39. The summed E-state index contributed by atoms with van der Waals surface area (Å²) in [6.45, 7) is 5.11. The Balaban J connectivity index is 1.42. The van der Waals surface area contributed by atoms with Crippen molar-refractivity contribution < 1.29 is 14.6 Å². The Hall–Kier alpha value is -2.45. The number of fused-ring (bicyclic) bond motifs is 1. The van der Waals surface area contributed by atoms with E-state index in [-0.39, 0.29) is 18.1 Å². The van der Waals surface area contributed by atoms with E-state index < -0.39 is 0 Å². The molecule has 0 bridgehead atoms. The summed E-state index contributed by atoms with van der Waals surface area (Å²) in [5, 5.41) is 17.4. The summed E-state index contributed by atoms with van der Waals surface area (Å²) in [4.78, 5) is 19.1. The Kier molecular flexibility index (Phi) is 5.59. The van der Waals surface area contributed by atoms with Gasteiger partial charge in [0.2, 0.25) is 5.91 Å². The van der Waals surface area contributed by atoms with Crippen LogP contribution >= 0.6 is 11.3 Å². The number of morpholine rings is 1. The van der Waals surface area contributed by atoms with Crippen molar-refractivity contribution in [1.82, 2.24) is 10.4 Å². The first-order valence-electron chi connectivity index (χ1n) is 9.56. The van der Waals surface area contributed by atoms with Gasteiger partial charge in [-0.3, -0.25) is 4.79 Å². The van der Waals surface area contributed by atoms with Crippen LogP contribution in [0.2, 0.25) is 0 Å². The van der Waals surface area contributed by atoms with Crippen LogP contribution in [0.4, 0.5) is 5.13 Å². The lowest BCUT2D eigenvalue weighted by atomic mass is 9.86. The zero-order valence-electron chi connectivity index (χ0n) is 15.9. The van der Waals surface area contributed by atoms with Gasteiger partial charge in [0, 0.05) is 24.0 Å². The topological polar surface area (TPSA) is 87.1 Å². The number of amides is 1. The van der Waals surface area contributed by atoms with Crippen LogP contribution in [0.15, 0.2) is 22.6 Å². The van der Waals surface area contributed by atoms with Crippen molar-refractivity contribution >= 4 is 28.1 Å². The van der Waals surface area contributed by atoms with Gasteiger partial charge < -0.3 is 14.7 Å². The highest BCUT2D eigenvalue weighted by molar-refractivity contribution is 7.13. The molecule has 0 unspecified atom stereocenters. The van der Waals surface area contributed by atoms with Crippen LogP contribution < -0.4 is 10.3 Å². The fourth-order valence-electron chi connectivity index (χ4n) is 3.66. The Morgan fingerprint density at radius 1 is 1.36 bits per heavy atom. The molecule has 1 aliphatic heterocycles. The van der Waals surface area contributed by atoms with Crippen molar-refractivity contribution in [3.8, 4) is 5.75 Å². The first-order chi connectivity index (χ1) is 13.6. The molecule has 2 N–H and O–H groups in total. The van der Waals surface area contributed by atoms with Crippen LogP contribution in [0.25, 0.3) is 0 Å². The zero-order valence-corrected chi connectivity index (χ0v) is 16.7. The normalized spacial score (nSPS) is 18.2. The van der Waals surface area contributed by atoms with Crippen LogP contribution in [0.1, 0.15) is 35.2 Å². The summed E-state index contributed by atoms with van der Waals surface area (Å²) >= 11 is 1.55. The minimum Gasteiger partial charge on any atom is -0.507 e. The van der Waals surface area contributed by atoms with Crippen molar-refractivity contribution in [2.24, 2.45) is 5.10 Å². The SMILES string of the molecule is Cc1ccc(O)c2c1CCC/C2=N\NC(=O)Cc1csc(N2CCOCC2)n1. The molecule has 1 aromatic carbocycles. The molecule has 2 heterocycles. The molecule has 1 amide bonds. The molecule has 28 heavy (non-hydrogen) atoms. The quantitative estimate of drug-likeness (QED) is 0.770. The van der Waals surface area contributed by atoms with E-state index in [9.17, 15) is 9.90 Å². The number of carbonyl (C=O) groups excluding carboxylic acids is 1. The number of aromatic nitrogens is 1. The maximum Gasteiger partial charge on any atom is 0.246 e. The van der Waals surface area contributed by atoms with E-state index in [2.05, 4.69) is 20.4 Å². The fraction of sp³-hybridized carbons (Fsp3) is 0.450. The van der Waals surface area contributed by atoms with Gasteiger partial charge >= 0.3 is 0 Å². The number of nitrogens with zero attached hydrogens (tertiary/aromatic N) is 3. The number of hydrogen-bond acceptors (Lipinski definition) is 7. The lowest BCUT2D eigenvalue weighted by Gasteiger charge is -2.26. The highest BCUT2D eigenvalue weighted by Gasteiger charge is 2.21. The Bertz CT molecular complexity index is 903. The van der Waals surface area contributed by atoms with Crippen LogP contribution in [0.3, 0.4) is 0 Å². The highest BCUT2D eigenvalue weighted by atomic mass is 32.1. The lowest BCUT2D eigenvalue weighted by molar-refractivity contribution is -0.120. The summed E-state index contributed by atoms with van der Waals surface area (Å²) in [7, 11) is 0. The molecule has 0 atom stereocenters. The number of rotatable bonds is 4. The number of thiazole rings is 1. The number of nitrogens with one attached hydrogen (secondary N) is 1. The molecule has 7 nitrogen and oxygen atoms in total. The third-order valence-corrected chi connectivity index (χ3v) is 6.08. The van der Waals surface area contributed by atoms with Gasteiger partial charge in [-0.25, -0.2) is 10.4 Å². The standard InChI is InChI=1S/C20H24N4O3S/c1-13-5-6-17(25)19-15(13)3-2-4-16(19)22-23-18(26)11-14-12-28-20(21-14)24-7-9-27-10-8-24/h5-6,12,25H,2-4,7-11H2,1H3,(H,23,26)/b22-16+. The van der Waals surface area contributed by atoms with E-state index >= 15 is 0 Å². The fourth-order valence-corrected chi connectivity index (χ4v) is 4.54. The molecule has 148 valence electrons. The first-order valence-corrected chi connectivity index (χ1v) is 10.4. The van der Waals surface area contributed by atoms with Crippen LogP contribution in [-0.2, 0) is 22.4 Å². The van der Waals surface area contributed by atoms with Gasteiger partial charge in [0.1, 0.15) is 5.75 Å². The van der Waals surface area contributed by atoms with Crippen molar-refractivity contribution in [3.63, 3.8) is 0 Å². The summed E-state index contributed by atoms with van der Waals surface area (Å²) in [6.07, 6.45) is 2.80. The number of phenols is 1. The third-order valence-electron chi connectivity index (χ3n) is 5.13. The number of anilines is 1. The zero-order chi connectivity index (χ0) is 19.5. The van der Waals surface area contributed by atoms with Gasteiger partial charge in [0.15, 0.2) is 5.13 Å². The largest absolute Gasteiger partial charge is 0.507 e. The maximum absolute atomic E-state index is 12.4. The Labute approximate surface area is 168 Å². The van der Waals surface area contributed by atoms with Gasteiger partial charge in [0.25, 0.3) is 0 Å². The average molecular weight is 401 g/mol. The van der Waals surface area contributed by atoms with Crippen molar-refractivity contribution in [2.75, 3.05) is 31.2 Å². The van der Waals surface area contributed by atoms with Gasteiger partial charge in [-0.15, -0.1) is 11.3 Å². The van der Waals surface area contributed by atoms with E-state index in [0.29, 0.717) is 13.2 Å². The van der Waals surface area contributed by atoms with Gasteiger partial charge in [-0.2, -0.15) is 5.10 Å². The molecule has 1 saturated heterocycles. The molecular weight excluding hydrogens is 376 g/mol. The number of aromatic hydroxyl groups is 1. The third kappa shape index (κ3) is 4.02. The summed E-state index contributed by atoms with van der Waals surface area (Å²) < 4.78 is 5.36. The monoisotopic (exact) mass is 400 g/mol. The molecule has 0 spiro atoms. The molecule has 0 radical (unpaired) electrons. The van der Waals surface area contributed by atoms with Gasteiger partial charge in [0.05, 0.1) is 31.0 Å². The molecule has 4 rings (SSSR count). The van der Waals surface area contributed by atoms with Crippen LogP contribution in [0.5, 0.6) is 5.75 Å². The first kappa shape index (κ1) is 18.9. The van der Waals surface area contributed by atoms with E-state index in [1.165, 1.54) is 0 Å². The minimum atomic E-state index is -0.203. The van der Waals surface area contributed by atoms with E-state index in [1.807, 2.05) is 18.4 Å². The molecule has 2 aromatic rings. The van der Waals surface area contributed by atoms with Crippen LogP contribution in [-0.4, -0.2) is 48.0 Å². The number of hydrogen-bond donors (Lipinski definition) is 2. The second-order valence-corrected chi connectivity index (χ2v) is 7.94.